The molecule has 0 saturated carbocycles. The van der Waals surface area contributed by atoms with Crippen molar-refractivity contribution in [3.63, 3.8) is 0 Å². The fourth-order valence-corrected chi connectivity index (χ4v) is 1.50. The van der Waals surface area contributed by atoms with Gasteiger partial charge in [0.15, 0.2) is 24.4 Å². The Labute approximate surface area is 105 Å². The number of ketones is 1. The van der Waals surface area contributed by atoms with E-state index in [0.29, 0.717) is 10.6 Å². The third kappa shape index (κ3) is 3.26. The van der Waals surface area contributed by atoms with Crippen molar-refractivity contribution >= 4 is 23.6 Å². The van der Waals surface area contributed by atoms with E-state index < -0.39 is 0 Å². The summed E-state index contributed by atoms with van der Waals surface area (Å²) in [6.07, 6.45) is 6.98. The molecule has 0 saturated heterocycles. The first-order chi connectivity index (χ1) is 8.25. The number of halogens is 1. The third-order valence-electron chi connectivity index (χ3n) is 2.27. The zero-order valence-electron chi connectivity index (χ0n) is 9.08. The number of hydrogen-bond donors (Lipinski definition) is 0. The molecule has 17 heavy (non-hydrogen) atoms. The van der Waals surface area contributed by atoms with Crippen LogP contribution in [0.1, 0.15) is 10.4 Å². The van der Waals surface area contributed by atoms with Gasteiger partial charge in [-0.3, -0.25) is 4.79 Å². The lowest BCUT2D eigenvalue weighted by molar-refractivity contribution is -0.568. The second-order valence-electron chi connectivity index (χ2n) is 3.51. The SMILES string of the molecule is O=C(C=C[n+]1ccccc1)c1ccc(Cl)cc1. The molecule has 0 aliphatic heterocycles. The van der Waals surface area contributed by atoms with Crippen LogP contribution in [0.3, 0.4) is 0 Å². The van der Waals surface area contributed by atoms with E-state index in [4.69, 9.17) is 11.6 Å². The summed E-state index contributed by atoms with van der Waals surface area (Å²) in [6.45, 7) is 0. The smallest absolute Gasteiger partial charge is 0.191 e. The predicted molar refractivity (Wildman–Crippen MR) is 67.7 cm³/mol. The highest BCUT2D eigenvalue weighted by atomic mass is 35.5. The highest BCUT2D eigenvalue weighted by Gasteiger charge is 2.02. The number of carbonyl (C=O) groups excluding carboxylic acids is 1. The first kappa shape index (κ1) is 11.6. The molecular weight excluding hydrogens is 234 g/mol. The van der Waals surface area contributed by atoms with E-state index in [9.17, 15) is 4.79 Å². The first-order valence-corrected chi connectivity index (χ1v) is 5.57. The highest BCUT2D eigenvalue weighted by Crippen LogP contribution is 2.10. The number of pyridine rings is 1. The van der Waals surface area contributed by atoms with E-state index in [0.717, 1.165) is 0 Å². The quantitative estimate of drug-likeness (QED) is 0.462. The highest BCUT2D eigenvalue weighted by molar-refractivity contribution is 6.30. The number of aromatic nitrogens is 1. The van der Waals surface area contributed by atoms with E-state index in [2.05, 4.69) is 0 Å². The van der Waals surface area contributed by atoms with Crippen LogP contribution in [0.2, 0.25) is 5.02 Å². The van der Waals surface area contributed by atoms with Crippen LogP contribution in [0.5, 0.6) is 0 Å². The fourth-order valence-electron chi connectivity index (χ4n) is 1.38. The van der Waals surface area contributed by atoms with Gasteiger partial charge in [0, 0.05) is 22.7 Å². The summed E-state index contributed by atoms with van der Waals surface area (Å²) < 4.78 is 1.81. The molecule has 2 aromatic rings. The first-order valence-electron chi connectivity index (χ1n) is 5.19. The van der Waals surface area contributed by atoms with Crippen molar-refractivity contribution in [2.24, 2.45) is 0 Å². The Bertz CT molecular complexity index is 532. The Balaban J connectivity index is 2.12. The van der Waals surface area contributed by atoms with Crippen molar-refractivity contribution in [2.75, 3.05) is 0 Å². The normalized spacial score (nSPS) is 10.6. The van der Waals surface area contributed by atoms with E-state index in [1.165, 1.54) is 6.08 Å². The Morgan fingerprint density at radius 2 is 1.71 bits per heavy atom. The molecule has 1 heterocycles. The van der Waals surface area contributed by atoms with Crippen LogP contribution in [0.15, 0.2) is 60.9 Å². The van der Waals surface area contributed by atoms with Gasteiger partial charge >= 0.3 is 0 Å². The Morgan fingerprint density at radius 1 is 1.06 bits per heavy atom. The maximum atomic E-state index is 11.8. The van der Waals surface area contributed by atoms with Crippen LogP contribution < -0.4 is 4.57 Å². The van der Waals surface area contributed by atoms with Gasteiger partial charge in [0.1, 0.15) is 0 Å². The summed E-state index contributed by atoms with van der Waals surface area (Å²) in [7, 11) is 0. The summed E-state index contributed by atoms with van der Waals surface area (Å²) in [4.78, 5) is 11.8. The molecule has 0 atom stereocenters. The van der Waals surface area contributed by atoms with Gasteiger partial charge in [-0.2, -0.15) is 4.57 Å². The average molecular weight is 245 g/mol. The summed E-state index contributed by atoms with van der Waals surface area (Å²) in [6, 6.07) is 12.6. The van der Waals surface area contributed by atoms with Gasteiger partial charge in [-0.25, -0.2) is 0 Å². The van der Waals surface area contributed by atoms with E-state index in [1.54, 1.807) is 30.5 Å². The van der Waals surface area contributed by atoms with E-state index >= 15 is 0 Å². The molecule has 84 valence electrons. The molecule has 0 amide bonds. The minimum Gasteiger partial charge on any atom is -0.289 e. The van der Waals surface area contributed by atoms with Crippen LogP contribution in [-0.2, 0) is 0 Å². The maximum absolute atomic E-state index is 11.8. The molecule has 0 unspecified atom stereocenters. The summed E-state index contributed by atoms with van der Waals surface area (Å²) >= 11 is 5.76. The van der Waals surface area contributed by atoms with Crippen molar-refractivity contribution in [1.29, 1.82) is 0 Å². The molecule has 2 nitrogen and oxygen atoms in total. The number of allylic oxidation sites excluding steroid dienone is 1. The molecule has 0 aliphatic carbocycles. The Kier molecular flexibility index (Phi) is 3.68. The minimum absolute atomic E-state index is 0.0435. The van der Waals surface area contributed by atoms with Gasteiger partial charge in [0.05, 0.1) is 6.08 Å². The second kappa shape index (κ2) is 5.41. The molecule has 0 spiro atoms. The van der Waals surface area contributed by atoms with Crippen LogP contribution in [0.4, 0.5) is 0 Å². The number of benzene rings is 1. The molecule has 0 radical (unpaired) electrons. The Morgan fingerprint density at radius 3 is 2.35 bits per heavy atom. The monoisotopic (exact) mass is 244 g/mol. The topological polar surface area (TPSA) is 20.9 Å². The maximum Gasteiger partial charge on any atom is 0.191 e. The lowest BCUT2D eigenvalue weighted by Crippen LogP contribution is -2.23. The predicted octanol–water partition coefficient (Wildman–Crippen LogP) is 2.98. The van der Waals surface area contributed by atoms with Crippen molar-refractivity contribution in [3.05, 3.63) is 71.5 Å². The van der Waals surface area contributed by atoms with Crippen LogP contribution in [-0.4, -0.2) is 5.78 Å². The summed E-state index contributed by atoms with van der Waals surface area (Å²) in [5.41, 5.74) is 0.627. The molecule has 0 aliphatic rings. The lowest BCUT2D eigenvalue weighted by atomic mass is 10.1. The zero-order valence-corrected chi connectivity index (χ0v) is 9.84. The van der Waals surface area contributed by atoms with Crippen molar-refractivity contribution in [2.45, 2.75) is 0 Å². The van der Waals surface area contributed by atoms with Gasteiger partial charge in [0.2, 0.25) is 0 Å². The summed E-state index contributed by atoms with van der Waals surface area (Å²) in [5, 5.41) is 0.628. The van der Waals surface area contributed by atoms with Crippen molar-refractivity contribution in [3.8, 4) is 0 Å². The lowest BCUT2D eigenvalue weighted by Gasteiger charge is -1.94. The largest absolute Gasteiger partial charge is 0.289 e. The molecule has 1 aromatic heterocycles. The number of carbonyl (C=O) groups is 1. The Hall–Kier alpha value is -1.93. The number of nitrogens with zero attached hydrogens (tertiary/aromatic N) is 1. The zero-order chi connectivity index (χ0) is 12.1. The molecular formula is C14H11ClNO+. The molecule has 2 rings (SSSR count). The number of hydrogen-bond acceptors (Lipinski definition) is 1. The van der Waals surface area contributed by atoms with Crippen LogP contribution in [0.25, 0.3) is 6.20 Å². The second-order valence-corrected chi connectivity index (χ2v) is 3.95. The molecule has 0 N–H and O–H groups in total. The van der Waals surface area contributed by atoms with Gasteiger partial charge < -0.3 is 0 Å². The van der Waals surface area contributed by atoms with Crippen LogP contribution >= 0.6 is 11.6 Å². The molecule has 0 bridgehead atoms. The molecule has 0 fully saturated rings. The summed E-state index contributed by atoms with van der Waals surface area (Å²) in [5.74, 6) is -0.0435. The molecule has 3 heteroatoms. The van der Waals surface area contributed by atoms with E-state index in [-0.39, 0.29) is 5.78 Å². The third-order valence-corrected chi connectivity index (χ3v) is 2.52. The van der Waals surface area contributed by atoms with Gasteiger partial charge in [-0.15, -0.1) is 0 Å². The van der Waals surface area contributed by atoms with Gasteiger partial charge in [-0.1, -0.05) is 17.7 Å². The van der Waals surface area contributed by atoms with Crippen LogP contribution in [0, 0.1) is 0 Å². The van der Waals surface area contributed by atoms with Gasteiger partial charge in [-0.05, 0) is 24.3 Å². The van der Waals surface area contributed by atoms with E-state index in [1.807, 2.05) is 35.2 Å². The average Bonchev–Trinajstić information content (AvgIpc) is 2.38. The van der Waals surface area contributed by atoms with Crippen molar-refractivity contribution < 1.29 is 9.36 Å². The van der Waals surface area contributed by atoms with Crippen molar-refractivity contribution in [1.82, 2.24) is 0 Å². The minimum atomic E-state index is -0.0435. The fraction of sp³-hybridized carbons (Fsp3) is 0. The molecule has 1 aromatic carbocycles. The standard InChI is InChI=1S/C14H11ClNO/c15-13-6-4-12(5-7-13)14(17)8-11-16-9-2-1-3-10-16/h1-11H/q+1. The van der Waals surface area contributed by atoms with Gasteiger partial charge in [0.25, 0.3) is 0 Å². The number of rotatable bonds is 3.